The fourth-order valence-electron chi connectivity index (χ4n) is 5.31. The van der Waals surface area contributed by atoms with Gasteiger partial charge in [-0.05, 0) is 86.1 Å². The first-order valence-corrected chi connectivity index (χ1v) is 14.2. The fourth-order valence-corrected chi connectivity index (χ4v) is 5.57. The molecule has 2 saturated heterocycles. The standard InChI is InChI=1S/C31H34BrN3O3/c32-25-10-8-24(9-11-25)30(36)34-26-12-13-29(28(20-26)31(37)33-21-27-7-4-18-38-27)35-16-14-23(15-17-35)19-22-5-2-1-3-6-22/h1-3,5-6,8-13,20,23,27H,4,7,14-19,21H2,(H,33,37)(H,34,36). The number of hydrogen-bond donors (Lipinski definition) is 2. The molecule has 3 aromatic carbocycles. The molecule has 198 valence electrons. The molecule has 5 rings (SSSR count). The Labute approximate surface area is 232 Å². The number of rotatable bonds is 8. The second kappa shape index (κ2) is 12.6. The number of amides is 2. The van der Waals surface area contributed by atoms with Gasteiger partial charge in [0, 0.05) is 47.7 Å². The molecular weight excluding hydrogens is 542 g/mol. The summed E-state index contributed by atoms with van der Waals surface area (Å²) in [6.07, 6.45) is 5.30. The van der Waals surface area contributed by atoms with Gasteiger partial charge in [-0.3, -0.25) is 9.59 Å². The van der Waals surface area contributed by atoms with Crippen molar-refractivity contribution in [1.82, 2.24) is 5.32 Å². The molecule has 0 saturated carbocycles. The van der Waals surface area contributed by atoms with Gasteiger partial charge < -0.3 is 20.3 Å². The van der Waals surface area contributed by atoms with Gasteiger partial charge in [0.25, 0.3) is 11.8 Å². The average Bonchev–Trinajstić information content (AvgIpc) is 3.47. The highest BCUT2D eigenvalue weighted by Crippen LogP contribution is 2.30. The Kier molecular flexibility index (Phi) is 8.76. The summed E-state index contributed by atoms with van der Waals surface area (Å²) < 4.78 is 6.61. The molecule has 1 unspecified atom stereocenters. The van der Waals surface area contributed by atoms with Crippen LogP contribution in [0.4, 0.5) is 11.4 Å². The van der Waals surface area contributed by atoms with E-state index in [-0.39, 0.29) is 17.9 Å². The number of ether oxygens (including phenoxy) is 1. The van der Waals surface area contributed by atoms with Crippen molar-refractivity contribution in [3.8, 4) is 0 Å². The van der Waals surface area contributed by atoms with Crippen molar-refractivity contribution in [3.63, 3.8) is 0 Å². The molecule has 2 fully saturated rings. The lowest BCUT2D eigenvalue weighted by molar-refractivity contribution is 0.0858. The van der Waals surface area contributed by atoms with E-state index in [2.05, 4.69) is 61.8 Å². The predicted octanol–water partition coefficient (Wildman–Crippen LogP) is 6.07. The lowest BCUT2D eigenvalue weighted by Crippen LogP contribution is -2.37. The zero-order valence-corrected chi connectivity index (χ0v) is 23.1. The summed E-state index contributed by atoms with van der Waals surface area (Å²) >= 11 is 3.40. The van der Waals surface area contributed by atoms with Gasteiger partial charge in [-0.2, -0.15) is 0 Å². The number of benzene rings is 3. The first-order valence-electron chi connectivity index (χ1n) is 13.4. The Hall–Kier alpha value is -3.16. The van der Waals surface area contributed by atoms with E-state index >= 15 is 0 Å². The molecule has 0 aromatic heterocycles. The zero-order valence-electron chi connectivity index (χ0n) is 21.5. The molecule has 0 aliphatic carbocycles. The minimum atomic E-state index is -0.210. The molecule has 6 nitrogen and oxygen atoms in total. The molecule has 2 heterocycles. The quantitative estimate of drug-likeness (QED) is 0.342. The van der Waals surface area contributed by atoms with E-state index in [1.165, 1.54) is 5.56 Å². The van der Waals surface area contributed by atoms with Gasteiger partial charge in [0.15, 0.2) is 0 Å². The normalized spacial score (nSPS) is 17.8. The van der Waals surface area contributed by atoms with Crippen LogP contribution in [0, 0.1) is 5.92 Å². The highest BCUT2D eigenvalue weighted by Gasteiger charge is 2.25. The Balaban J connectivity index is 1.30. The number of piperidine rings is 1. The fraction of sp³-hybridized carbons (Fsp3) is 0.355. The Morgan fingerprint density at radius 3 is 2.39 bits per heavy atom. The maximum absolute atomic E-state index is 13.4. The van der Waals surface area contributed by atoms with Gasteiger partial charge in [0.1, 0.15) is 0 Å². The van der Waals surface area contributed by atoms with E-state index in [1.54, 1.807) is 18.2 Å². The second-order valence-electron chi connectivity index (χ2n) is 10.2. The summed E-state index contributed by atoms with van der Waals surface area (Å²) in [5.41, 5.74) is 4.03. The number of nitrogens with one attached hydrogen (secondary N) is 2. The lowest BCUT2D eigenvalue weighted by Gasteiger charge is -2.35. The summed E-state index contributed by atoms with van der Waals surface area (Å²) in [5.74, 6) is 0.286. The number of carbonyl (C=O) groups excluding carboxylic acids is 2. The van der Waals surface area contributed by atoms with Gasteiger partial charge in [-0.1, -0.05) is 46.3 Å². The van der Waals surface area contributed by atoms with Crippen LogP contribution in [0.25, 0.3) is 0 Å². The highest BCUT2D eigenvalue weighted by atomic mass is 79.9. The largest absolute Gasteiger partial charge is 0.376 e. The molecule has 2 aliphatic rings. The van der Waals surface area contributed by atoms with E-state index in [4.69, 9.17) is 4.74 Å². The van der Waals surface area contributed by atoms with Gasteiger partial charge in [0.2, 0.25) is 0 Å². The summed E-state index contributed by atoms with van der Waals surface area (Å²) in [6.45, 7) is 3.04. The van der Waals surface area contributed by atoms with E-state index in [0.29, 0.717) is 29.3 Å². The third-order valence-corrected chi connectivity index (χ3v) is 7.97. The molecule has 7 heteroatoms. The van der Waals surface area contributed by atoms with Crippen molar-refractivity contribution in [2.24, 2.45) is 5.92 Å². The van der Waals surface area contributed by atoms with Crippen LogP contribution in [0.5, 0.6) is 0 Å². The van der Waals surface area contributed by atoms with E-state index in [0.717, 1.165) is 62.0 Å². The van der Waals surface area contributed by atoms with Crippen molar-refractivity contribution in [2.45, 2.75) is 38.2 Å². The van der Waals surface area contributed by atoms with Crippen molar-refractivity contribution in [1.29, 1.82) is 0 Å². The molecule has 2 aliphatic heterocycles. The molecule has 2 amide bonds. The smallest absolute Gasteiger partial charge is 0.255 e. The van der Waals surface area contributed by atoms with Crippen LogP contribution in [0.3, 0.4) is 0 Å². The van der Waals surface area contributed by atoms with Crippen LogP contribution in [0.15, 0.2) is 77.3 Å². The summed E-state index contributed by atoms with van der Waals surface area (Å²) in [7, 11) is 0. The summed E-state index contributed by atoms with van der Waals surface area (Å²) in [4.78, 5) is 28.5. The maximum Gasteiger partial charge on any atom is 0.255 e. The third-order valence-electron chi connectivity index (χ3n) is 7.44. The Morgan fingerprint density at radius 1 is 0.921 bits per heavy atom. The van der Waals surface area contributed by atoms with Crippen LogP contribution < -0.4 is 15.5 Å². The third kappa shape index (κ3) is 6.83. The monoisotopic (exact) mass is 575 g/mol. The lowest BCUT2D eigenvalue weighted by atomic mass is 9.89. The van der Waals surface area contributed by atoms with Crippen LogP contribution in [0.2, 0.25) is 0 Å². The minimum absolute atomic E-state index is 0.0661. The van der Waals surface area contributed by atoms with Crippen LogP contribution in [-0.4, -0.2) is 44.2 Å². The molecule has 0 bridgehead atoms. The average molecular weight is 577 g/mol. The number of carbonyl (C=O) groups is 2. The summed E-state index contributed by atoms with van der Waals surface area (Å²) in [6, 6.07) is 23.5. The number of hydrogen-bond acceptors (Lipinski definition) is 4. The van der Waals surface area contributed by atoms with E-state index in [9.17, 15) is 9.59 Å². The van der Waals surface area contributed by atoms with Crippen LogP contribution in [0.1, 0.15) is 52.0 Å². The second-order valence-corrected chi connectivity index (χ2v) is 11.1. The molecule has 1 atom stereocenters. The number of anilines is 2. The van der Waals surface area contributed by atoms with Crippen LogP contribution in [-0.2, 0) is 11.2 Å². The van der Waals surface area contributed by atoms with Gasteiger partial charge in [-0.25, -0.2) is 0 Å². The first-order chi connectivity index (χ1) is 18.5. The van der Waals surface area contributed by atoms with Crippen molar-refractivity contribution < 1.29 is 14.3 Å². The number of halogens is 1. The molecule has 0 radical (unpaired) electrons. The van der Waals surface area contributed by atoms with Crippen molar-refractivity contribution in [3.05, 3.63) is 94.0 Å². The number of nitrogens with zero attached hydrogens (tertiary/aromatic N) is 1. The van der Waals surface area contributed by atoms with E-state index in [1.807, 2.05) is 24.3 Å². The molecule has 0 spiro atoms. The van der Waals surface area contributed by atoms with Gasteiger partial charge in [0.05, 0.1) is 11.7 Å². The van der Waals surface area contributed by atoms with Gasteiger partial charge in [-0.15, -0.1) is 0 Å². The first kappa shape index (κ1) is 26.4. The zero-order chi connectivity index (χ0) is 26.3. The SMILES string of the molecule is O=C(Nc1ccc(N2CCC(Cc3ccccc3)CC2)c(C(=O)NCC2CCCO2)c1)c1ccc(Br)cc1. The molecular formula is C31H34BrN3O3. The Bertz CT molecular complexity index is 1230. The topological polar surface area (TPSA) is 70.7 Å². The predicted molar refractivity (Wildman–Crippen MR) is 155 cm³/mol. The molecule has 2 N–H and O–H groups in total. The van der Waals surface area contributed by atoms with Crippen LogP contribution >= 0.6 is 15.9 Å². The minimum Gasteiger partial charge on any atom is -0.376 e. The Morgan fingerprint density at radius 2 is 1.68 bits per heavy atom. The van der Waals surface area contributed by atoms with Crippen molar-refractivity contribution in [2.75, 3.05) is 36.5 Å². The molecule has 3 aromatic rings. The van der Waals surface area contributed by atoms with Crippen molar-refractivity contribution >= 4 is 39.1 Å². The molecule has 38 heavy (non-hydrogen) atoms. The highest BCUT2D eigenvalue weighted by molar-refractivity contribution is 9.10. The van der Waals surface area contributed by atoms with E-state index < -0.39 is 0 Å². The summed E-state index contributed by atoms with van der Waals surface area (Å²) in [5, 5.41) is 6.03. The van der Waals surface area contributed by atoms with Gasteiger partial charge >= 0.3 is 0 Å². The maximum atomic E-state index is 13.4.